The fourth-order valence-corrected chi connectivity index (χ4v) is 13.6. The number of unbranched alkanes of at least 4 members (excludes halogenated alkanes) is 1. The number of fused-ring (bicyclic) bond motifs is 7. The van der Waals surface area contributed by atoms with Crippen molar-refractivity contribution >= 4 is 10.8 Å². The van der Waals surface area contributed by atoms with Gasteiger partial charge in [-0.15, -0.1) is 0 Å². The zero-order valence-corrected chi connectivity index (χ0v) is 44.9. The zero-order chi connectivity index (χ0) is 52.1. The van der Waals surface area contributed by atoms with Gasteiger partial charge in [0, 0.05) is 29.5 Å². The molecule has 2 nitrogen and oxygen atoms in total. The smallest absolute Gasteiger partial charge is 0.198 e. The summed E-state index contributed by atoms with van der Waals surface area (Å²) in [6.45, 7) is 10.5. The van der Waals surface area contributed by atoms with Gasteiger partial charge in [0.2, 0.25) is 11.4 Å². The topological polar surface area (TPSA) is 7.76 Å². The predicted molar refractivity (Wildman–Crippen MR) is 321 cm³/mol. The van der Waals surface area contributed by atoms with Gasteiger partial charge < -0.3 is 0 Å². The first-order chi connectivity index (χ1) is 37.8. The van der Waals surface area contributed by atoms with Crippen LogP contribution in [0.4, 0.5) is 0 Å². The number of rotatable bonds is 14. The van der Waals surface area contributed by atoms with E-state index in [0.717, 1.165) is 25.8 Å². The number of hydrogen-bond donors (Lipinski definition) is 0. The molecule has 3 unspecified atom stereocenters. The maximum atomic E-state index is 2.70. The van der Waals surface area contributed by atoms with Gasteiger partial charge in [-0.1, -0.05) is 185 Å². The molecule has 3 heterocycles. The molecule has 3 atom stereocenters. The maximum Gasteiger partial charge on any atom is 0.220 e. The van der Waals surface area contributed by atoms with E-state index in [9.17, 15) is 0 Å². The highest BCUT2D eigenvalue weighted by atomic mass is 15.1. The lowest BCUT2D eigenvalue weighted by Gasteiger charge is -2.24. The average molecular weight is 995 g/mol. The lowest BCUT2D eigenvalue weighted by atomic mass is 9.79. The number of aryl methyl sites for hydroxylation is 3. The molecule has 1 fully saturated rings. The molecular weight excluding hydrogens is 929 g/mol. The molecular formula is C75H66N2+2. The third kappa shape index (κ3) is 8.52. The molecule has 1 aliphatic carbocycles. The van der Waals surface area contributed by atoms with Crippen LogP contribution in [0.5, 0.6) is 0 Å². The molecule has 2 aliphatic rings. The molecule has 1 aliphatic heterocycles. The largest absolute Gasteiger partial charge is 0.220 e. The van der Waals surface area contributed by atoms with Crippen LogP contribution in [0.3, 0.4) is 0 Å². The Kier molecular flexibility index (Phi) is 12.5. The minimum atomic E-state index is 0.0131. The van der Waals surface area contributed by atoms with Crippen molar-refractivity contribution in [3.63, 3.8) is 0 Å². The van der Waals surface area contributed by atoms with E-state index in [1.807, 2.05) is 0 Å². The highest BCUT2D eigenvalue weighted by Gasteiger charge is 2.82. The molecule has 0 saturated heterocycles. The number of nitrogens with zero attached hydrogens (tertiary/aromatic N) is 2. The molecule has 0 amide bonds. The quantitative estimate of drug-likeness (QED) is 0.0959. The monoisotopic (exact) mass is 995 g/mol. The van der Waals surface area contributed by atoms with Gasteiger partial charge in [-0.05, 0) is 176 Å². The lowest BCUT2D eigenvalue weighted by Crippen LogP contribution is -2.44. The van der Waals surface area contributed by atoms with Crippen molar-refractivity contribution in [3.8, 4) is 89.3 Å². The first-order valence-corrected chi connectivity index (χ1v) is 28.1. The Bertz CT molecular complexity index is 3930. The molecule has 77 heavy (non-hydrogen) atoms. The zero-order valence-electron chi connectivity index (χ0n) is 44.9. The van der Waals surface area contributed by atoms with E-state index in [4.69, 9.17) is 0 Å². The molecule has 0 radical (unpaired) electrons. The summed E-state index contributed by atoms with van der Waals surface area (Å²) in [7, 11) is 0. The SMILES string of the molecule is CCCCc1ccc2[n+](c1)C1C(C)(CC)C1(CC[n+]1ccc3ccccc3c1-c1cc(-c3cccc(-c4cc(-c5ccccc5)cc(-c5cc(-c6ccccc6)cc(-c6ccccc6)c5)c4)c3)ccc1C)c1ccccc1-2. The van der Waals surface area contributed by atoms with Crippen molar-refractivity contribution < 1.29 is 9.13 Å². The van der Waals surface area contributed by atoms with E-state index >= 15 is 0 Å². The van der Waals surface area contributed by atoms with Gasteiger partial charge in [0.15, 0.2) is 18.4 Å². The van der Waals surface area contributed by atoms with Crippen LogP contribution in [0.1, 0.15) is 69.2 Å². The molecule has 2 aromatic heterocycles. The summed E-state index contributed by atoms with van der Waals surface area (Å²) < 4.78 is 5.30. The van der Waals surface area contributed by atoms with Gasteiger partial charge in [-0.3, -0.25) is 0 Å². The molecule has 1 saturated carbocycles. The van der Waals surface area contributed by atoms with E-state index in [0.29, 0.717) is 6.04 Å². The van der Waals surface area contributed by atoms with Crippen LogP contribution in [0, 0.1) is 12.3 Å². The Morgan fingerprint density at radius 1 is 0.455 bits per heavy atom. The van der Waals surface area contributed by atoms with Gasteiger partial charge in [-0.25, -0.2) is 0 Å². The molecule has 13 rings (SSSR count). The second-order valence-corrected chi connectivity index (χ2v) is 22.1. The Balaban J connectivity index is 0.897. The molecule has 11 aromatic rings. The molecule has 374 valence electrons. The van der Waals surface area contributed by atoms with E-state index in [1.54, 1.807) is 0 Å². The second-order valence-electron chi connectivity index (χ2n) is 22.1. The maximum absolute atomic E-state index is 2.70. The highest BCUT2D eigenvalue weighted by Crippen LogP contribution is 2.76. The molecule has 0 spiro atoms. The second kappa shape index (κ2) is 19.9. The summed E-state index contributed by atoms with van der Waals surface area (Å²) in [6.07, 6.45) is 10.6. The summed E-state index contributed by atoms with van der Waals surface area (Å²) in [4.78, 5) is 0. The van der Waals surface area contributed by atoms with Crippen LogP contribution in [0.2, 0.25) is 0 Å². The van der Waals surface area contributed by atoms with Crippen molar-refractivity contribution in [2.24, 2.45) is 5.41 Å². The third-order valence-electron chi connectivity index (χ3n) is 17.8. The van der Waals surface area contributed by atoms with Crippen molar-refractivity contribution in [2.75, 3.05) is 0 Å². The fourth-order valence-electron chi connectivity index (χ4n) is 13.6. The summed E-state index contributed by atoms with van der Waals surface area (Å²) >= 11 is 0. The van der Waals surface area contributed by atoms with Crippen molar-refractivity contribution in [2.45, 2.75) is 77.8 Å². The molecule has 0 N–H and O–H groups in total. The van der Waals surface area contributed by atoms with E-state index in [2.05, 4.69) is 286 Å². The number of aromatic nitrogens is 2. The number of pyridine rings is 2. The van der Waals surface area contributed by atoms with Crippen LogP contribution in [0.15, 0.2) is 249 Å². The van der Waals surface area contributed by atoms with Crippen LogP contribution in [0.25, 0.3) is 100 Å². The van der Waals surface area contributed by atoms with Gasteiger partial charge in [0.25, 0.3) is 0 Å². The fraction of sp³-hybridized carbons (Fsp3) is 0.173. The van der Waals surface area contributed by atoms with Crippen LogP contribution in [-0.2, 0) is 18.4 Å². The van der Waals surface area contributed by atoms with E-state index in [-0.39, 0.29) is 10.8 Å². The lowest BCUT2D eigenvalue weighted by molar-refractivity contribution is -0.704. The first kappa shape index (κ1) is 48.2. The summed E-state index contributed by atoms with van der Waals surface area (Å²) in [5, 5.41) is 2.55. The average Bonchev–Trinajstić information content (AvgIpc) is 2.92. The summed E-state index contributed by atoms with van der Waals surface area (Å²) in [5.74, 6) is 0. The summed E-state index contributed by atoms with van der Waals surface area (Å²) in [6, 6.07) is 88.8. The molecule has 0 bridgehead atoms. The molecule has 9 aromatic carbocycles. The van der Waals surface area contributed by atoms with E-state index < -0.39 is 0 Å². The Morgan fingerprint density at radius 2 is 0.974 bits per heavy atom. The minimum Gasteiger partial charge on any atom is -0.198 e. The van der Waals surface area contributed by atoms with Crippen molar-refractivity contribution in [1.82, 2.24) is 0 Å². The van der Waals surface area contributed by atoms with Gasteiger partial charge in [0.1, 0.15) is 6.54 Å². The normalized spacial score (nSPS) is 17.1. The van der Waals surface area contributed by atoms with Gasteiger partial charge in [0.05, 0.1) is 21.9 Å². The van der Waals surface area contributed by atoms with Gasteiger partial charge in [-0.2, -0.15) is 9.13 Å². The predicted octanol–water partition coefficient (Wildman–Crippen LogP) is 18.7. The van der Waals surface area contributed by atoms with Crippen LogP contribution >= 0.6 is 0 Å². The highest BCUT2D eigenvalue weighted by molar-refractivity contribution is 5.95. The Morgan fingerprint density at radius 3 is 1.60 bits per heavy atom. The standard InChI is InChI=1S/C75H66N2/c1-5-7-22-53-36-38-71-68-33-19-20-34-70(68)75(73(77(71)51-53)74(75,4)6-2)40-42-76-41-39-57-29-17-18-32-67(57)72(76)69-50-60(37-35-52(69)3)58-30-21-31-59(43-58)64-45-63(56-27-15-10-16-28-56)48-66(49-64)65-46-61(54-23-11-8-12-24-54)44-62(47-65)55-25-13-9-14-26-55/h8-21,23-39,41,43-51,73H,5-7,22,40,42H2,1-4H3/q+2. The Hall–Kier alpha value is -8.46. The number of benzene rings is 9. The van der Waals surface area contributed by atoms with Crippen molar-refractivity contribution in [1.29, 1.82) is 0 Å². The Labute approximate surface area is 455 Å². The summed E-state index contributed by atoms with van der Waals surface area (Å²) in [5.41, 5.74) is 24.1. The van der Waals surface area contributed by atoms with Crippen molar-refractivity contribution in [3.05, 3.63) is 266 Å². The molecule has 2 heteroatoms. The van der Waals surface area contributed by atoms with Crippen LogP contribution < -0.4 is 9.13 Å². The minimum absolute atomic E-state index is 0.0131. The third-order valence-corrected chi connectivity index (χ3v) is 17.8. The van der Waals surface area contributed by atoms with Crippen LogP contribution in [-0.4, -0.2) is 0 Å². The first-order valence-electron chi connectivity index (χ1n) is 28.1. The number of hydrogen-bond acceptors (Lipinski definition) is 0. The van der Waals surface area contributed by atoms with E-state index in [1.165, 1.54) is 130 Å². The van der Waals surface area contributed by atoms with Gasteiger partial charge >= 0.3 is 0 Å².